The van der Waals surface area contributed by atoms with Crippen LogP contribution in [0.5, 0.6) is 0 Å². The molecule has 0 spiro atoms. The van der Waals surface area contributed by atoms with Gasteiger partial charge in [-0.15, -0.1) is 0 Å². The molecular weight excluding hydrogens is 178 g/mol. The van der Waals surface area contributed by atoms with Crippen LogP contribution in [0.2, 0.25) is 0 Å². The lowest BCUT2D eigenvalue weighted by Crippen LogP contribution is -2.65. The number of azide groups is 1. The minimum Gasteiger partial charge on any atom is -0.477 e. The van der Waals surface area contributed by atoms with Gasteiger partial charge in [0.1, 0.15) is 0 Å². The molecule has 0 heterocycles. The van der Waals surface area contributed by atoms with Crippen LogP contribution in [0.4, 0.5) is 0 Å². The fraction of sp³-hybridized carbons (Fsp3) is 0.750. The summed E-state index contributed by atoms with van der Waals surface area (Å²) >= 11 is 0. The summed E-state index contributed by atoms with van der Waals surface area (Å²) in [6.45, 7) is 0.191. The highest BCUT2D eigenvalue weighted by atomic mass is 16.4. The Morgan fingerprint density at radius 1 is 1.54 bits per heavy atom. The van der Waals surface area contributed by atoms with Crippen molar-refractivity contribution in [2.75, 3.05) is 6.54 Å². The van der Waals surface area contributed by atoms with Gasteiger partial charge >= 0.3 is 5.97 Å². The first kappa shape index (κ1) is 13.6. The monoisotopic (exact) mass is 187 g/mol. The van der Waals surface area contributed by atoms with E-state index >= 15 is 0 Å². The molecular formula is C4H9N7O2. The van der Waals surface area contributed by atoms with Gasteiger partial charge in [-0.3, -0.25) is 4.91 Å². The normalized spacial score (nSPS) is 9.62. The first-order chi connectivity index (χ1) is 6.09. The predicted octanol–water partition coefficient (Wildman–Crippen LogP) is 0.248. The zero-order chi connectivity index (χ0) is 10.7. The van der Waals surface area contributed by atoms with Gasteiger partial charge in [0.2, 0.25) is 0 Å². The van der Waals surface area contributed by atoms with Crippen LogP contribution in [0.1, 0.15) is 6.42 Å². The highest BCUT2D eigenvalue weighted by molar-refractivity contribution is 5.71. The number of carboxylic acid groups (broad SMARTS) is 1. The molecule has 4 N–H and O–H groups in total. The van der Waals surface area contributed by atoms with Gasteiger partial charge in [0.25, 0.3) is 0 Å². The third-order valence-corrected chi connectivity index (χ3v) is 0.990. The zero-order valence-electron chi connectivity index (χ0n) is 6.74. The summed E-state index contributed by atoms with van der Waals surface area (Å²) in [5, 5.41) is 11.5. The van der Waals surface area contributed by atoms with Crippen molar-refractivity contribution < 1.29 is 15.6 Å². The molecule has 0 aromatic carbocycles. The van der Waals surface area contributed by atoms with Crippen molar-refractivity contribution >= 4 is 5.97 Å². The molecule has 9 nitrogen and oxygen atoms in total. The van der Waals surface area contributed by atoms with Gasteiger partial charge in [-0.25, -0.2) is 4.79 Å². The number of rotatable bonds is 4. The van der Waals surface area contributed by atoms with Crippen LogP contribution < -0.4 is 5.73 Å². The minimum atomic E-state index is -0.965. The van der Waals surface area contributed by atoms with Gasteiger partial charge in [0, 0.05) is 17.9 Å². The maximum atomic E-state index is 10.1. The lowest BCUT2D eigenvalue weighted by atomic mass is 10.2. The van der Waals surface area contributed by atoms with E-state index in [2.05, 4.69) is 15.8 Å². The number of aliphatic carboxylic acids is 1. The Labute approximate surface area is 73.2 Å². The van der Waals surface area contributed by atoms with E-state index in [4.69, 9.17) is 21.7 Å². The van der Waals surface area contributed by atoms with Crippen LogP contribution in [0, 0.1) is 0 Å². The molecule has 0 radical (unpaired) electrons. The molecule has 9 heteroatoms. The summed E-state index contributed by atoms with van der Waals surface area (Å²) in [7, 11) is 0. The third-order valence-electron chi connectivity index (χ3n) is 0.990. The number of carboxylic acids is 1. The largest absolute Gasteiger partial charge is 0.477 e. The van der Waals surface area contributed by atoms with E-state index in [1.165, 1.54) is 4.91 Å². The van der Waals surface area contributed by atoms with Gasteiger partial charge in [-0.05, 0) is 5.53 Å². The SMILES string of the molecule is [N-]=[N+]=NCC[C@H]([NH3+])C(=O)O.[N-]=[N+]=[N-]. The Hall–Kier alpha value is -1.95. The van der Waals surface area contributed by atoms with Crippen molar-refractivity contribution in [2.24, 2.45) is 5.11 Å². The summed E-state index contributed by atoms with van der Waals surface area (Å²) in [5.74, 6) is -0.965. The molecule has 0 aliphatic carbocycles. The standard InChI is InChI=1S/C4H8N4O2.N3/c5-3(4(9)10)1-2-7-8-6;1-3-2/h3H,1-2,5H2,(H,9,10);/q;-1/p+1/t3-;/m0./s1. The van der Waals surface area contributed by atoms with Crippen molar-refractivity contribution in [2.45, 2.75) is 12.5 Å². The second kappa shape index (κ2) is 10.0. The number of nitrogens with zero attached hydrogens (tertiary/aromatic N) is 6. The van der Waals surface area contributed by atoms with Crippen LogP contribution in [-0.4, -0.2) is 23.7 Å². The second-order valence-corrected chi connectivity index (χ2v) is 1.87. The van der Waals surface area contributed by atoms with E-state index in [0.29, 0.717) is 6.42 Å². The summed E-state index contributed by atoms with van der Waals surface area (Å²) in [6, 6.07) is -0.675. The summed E-state index contributed by atoms with van der Waals surface area (Å²) in [4.78, 5) is 14.1. The lowest BCUT2D eigenvalue weighted by Gasteiger charge is -1.97. The molecule has 13 heavy (non-hydrogen) atoms. The molecule has 0 amide bonds. The third kappa shape index (κ3) is 13.1. The van der Waals surface area contributed by atoms with E-state index in [9.17, 15) is 4.79 Å². The van der Waals surface area contributed by atoms with E-state index in [0.717, 1.165) is 0 Å². The molecule has 0 aliphatic heterocycles. The second-order valence-electron chi connectivity index (χ2n) is 1.87. The van der Waals surface area contributed by atoms with Gasteiger partial charge in [0.15, 0.2) is 6.04 Å². The highest BCUT2D eigenvalue weighted by Gasteiger charge is 2.13. The molecule has 0 aromatic heterocycles. The van der Waals surface area contributed by atoms with Crippen LogP contribution >= 0.6 is 0 Å². The summed E-state index contributed by atoms with van der Waals surface area (Å²) < 4.78 is 0. The Bertz CT molecular complexity index is 227. The van der Waals surface area contributed by atoms with E-state index < -0.39 is 12.0 Å². The van der Waals surface area contributed by atoms with Gasteiger partial charge < -0.3 is 21.9 Å². The van der Waals surface area contributed by atoms with Crippen molar-refractivity contribution in [3.63, 3.8) is 0 Å². The Balaban J connectivity index is 0. The molecule has 0 fully saturated rings. The van der Waals surface area contributed by atoms with Crippen LogP contribution in [0.3, 0.4) is 0 Å². The Kier molecular flexibility index (Phi) is 10.5. The number of hydrogen-bond donors (Lipinski definition) is 2. The number of hydrogen-bond acceptors (Lipinski definition) is 2. The van der Waals surface area contributed by atoms with Crippen molar-refractivity contribution in [1.82, 2.24) is 0 Å². The summed E-state index contributed by atoms with van der Waals surface area (Å²) in [6.07, 6.45) is 0.291. The molecule has 0 saturated carbocycles. The topological polar surface area (TPSA) is 172 Å². The van der Waals surface area contributed by atoms with Crippen molar-refractivity contribution in [3.05, 3.63) is 26.4 Å². The van der Waals surface area contributed by atoms with Crippen LogP contribution in [-0.2, 0) is 4.79 Å². The van der Waals surface area contributed by atoms with E-state index in [1.54, 1.807) is 0 Å². The fourth-order valence-electron chi connectivity index (χ4n) is 0.382. The number of carbonyl (C=O) groups is 1. The molecule has 0 aliphatic rings. The van der Waals surface area contributed by atoms with Crippen LogP contribution in [0.15, 0.2) is 5.11 Å². The lowest BCUT2D eigenvalue weighted by molar-refractivity contribution is -0.408. The van der Waals surface area contributed by atoms with Gasteiger partial charge in [-0.1, -0.05) is 5.11 Å². The first-order valence-electron chi connectivity index (χ1n) is 3.15. The Morgan fingerprint density at radius 2 is 2.00 bits per heavy atom. The molecule has 0 saturated heterocycles. The average Bonchev–Trinajstić information content (AvgIpc) is 2.06. The van der Waals surface area contributed by atoms with Crippen LogP contribution in [0.25, 0.3) is 26.4 Å². The molecule has 0 bridgehead atoms. The first-order valence-corrected chi connectivity index (χ1v) is 3.15. The van der Waals surface area contributed by atoms with Crippen molar-refractivity contribution in [1.29, 1.82) is 0 Å². The average molecular weight is 187 g/mol. The van der Waals surface area contributed by atoms with Gasteiger partial charge in [0.05, 0.1) is 0 Å². The maximum Gasteiger partial charge on any atom is 0.362 e. The van der Waals surface area contributed by atoms with Gasteiger partial charge in [-0.2, -0.15) is 0 Å². The Morgan fingerprint density at radius 3 is 2.31 bits per heavy atom. The molecule has 1 atom stereocenters. The minimum absolute atomic E-state index is 0.191. The molecule has 0 rings (SSSR count). The number of quaternary nitrogens is 1. The molecule has 0 aromatic rings. The molecule has 0 unspecified atom stereocenters. The van der Waals surface area contributed by atoms with Crippen molar-refractivity contribution in [3.8, 4) is 0 Å². The maximum absolute atomic E-state index is 10.1. The summed E-state index contributed by atoms with van der Waals surface area (Å²) in [5.41, 5.74) is 24.6. The predicted molar refractivity (Wildman–Crippen MR) is 43.0 cm³/mol. The quantitative estimate of drug-likeness (QED) is 0.365. The molecule has 72 valence electrons. The fourth-order valence-corrected chi connectivity index (χ4v) is 0.382. The van der Waals surface area contributed by atoms with E-state index in [-0.39, 0.29) is 6.54 Å². The zero-order valence-corrected chi connectivity index (χ0v) is 6.74. The van der Waals surface area contributed by atoms with E-state index in [1.807, 2.05) is 0 Å². The highest BCUT2D eigenvalue weighted by Crippen LogP contribution is 1.86. The smallest absolute Gasteiger partial charge is 0.362 e.